The van der Waals surface area contributed by atoms with Crippen LogP contribution in [0.3, 0.4) is 0 Å². The predicted octanol–water partition coefficient (Wildman–Crippen LogP) is 6.57. The van der Waals surface area contributed by atoms with E-state index in [0.717, 1.165) is 43.5 Å². The molecule has 0 unspecified atom stereocenters. The lowest BCUT2D eigenvalue weighted by molar-refractivity contribution is -0.136. The number of rotatable bonds is 12. The number of halogens is 1. The van der Waals surface area contributed by atoms with E-state index in [1.807, 2.05) is 66.9 Å². The first-order chi connectivity index (χ1) is 20.5. The van der Waals surface area contributed by atoms with Gasteiger partial charge in [-0.2, -0.15) is 0 Å². The molecule has 0 saturated heterocycles. The summed E-state index contributed by atoms with van der Waals surface area (Å²) in [6.45, 7) is 2.71. The summed E-state index contributed by atoms with van der Waals surface area (Å²) < 4.78 is 6.07. The number of aryl methyl sites for hydroxylation is 2. The molecule has 0 aliphatic heterocycles. The standard InChI is InChI=1S/C33H30N4O4S.ClH/c1-22-28(37-33(42-22)25-11-14-29(35-20-25)24-7-3-2-4-8-24)16-18-41-27-13-10-23(12-15-31(38)39)26(19-27)21-36-32(40)30-9-5-6-17-34-30;/h2-11,13-14,17,19-20H,12,15-16,18,21H2,1H3,(H,36,40)(H,38,39);1H. The number of ether oxygens (including phenoxy) is 1. The molecule has 0 bridgehead atoms. The minimum absolute atomic E-state index is 0. The third kappa shape index (κ3) is 8.47. The van der Waals surface area contributed by atoms with Crippen molar-refractivity contribution in [1.29, 1.82) is 0 Å². The van der Waals surface area contributed by atoms with Crippen molar-refractivity contribution in [2.75, 3.05) is 6.61 Å². The summed E-state index contributed by atoms with van der Waals surface area (Å²) in [5.74, 6) is -0.532. The van der Waals surface area contributed by atoms with Crippen LogP contribution in [0.4, 0.5) is 0 Å². The van der Waals surface area contributed by atoms with Gasteiger partial charge in [0.05, 0.1) is 18.0 Å². The molecule has 0 fully saturated rings. The number of pyridine rings is 2. The van der Waals surface area contributed by atoms with Gasteiger partial charge in [-0.05, 0) is 60.9 Å². The van der Waals surface area contributed by atoms with E-state index in [9.17, 15) is 9.59 Å². The Bertz CT molecular complexity index is 1660. The minimum atomic E-state index is -0.875. The quantitative estimate of drug-likeness (QED) is 0.163. The summed E-state index contributed by atoms with van der Waals surface area (Å²) in [5.41, 5.74) is 5.91. The SMILES string of the molecule is Cc1sc(-c2ccc(-c3ccccc3)nc2)nc1CCOc1ccc(CCC(=O)O)c(CNC(=O)c2ccccn2)c1.Cl. The molecular formula is C33H31ClN4O4S. The summed E-state index contributed by atoms with van der Waals surface area (Å²) in [7, 11) is 0. The Morgan fingerprint density at radius 1 is 0.907 bits per heavy atom. The fourth-order valence-electron chi connectivity index (χ4n) is 4.45. The topological polar surface area (TPSA) is 114 Å². The first-order valence-electron chi connectivity index (χ1n) is 13.6. The maximum Gasteiger partial charge on any atom is 0.303 e. The van der Waals surface area contributed by atoms with Crippen molar-refractivity contribution in [3.05, 3.63) is 119 Å². The van der Waals surface area contributed by atoms with E-state index < -0.39 is 5.97 Å². The van der Waals surface area contributed by atoms with Crippen LogP contribution in [0, 0.1) is 6.92 Å². The van der Waals surface area contributed by atoms with Crippen LogP contribution in [0.15, 0.2) is 91.3 Å². The molecule has 3 heterocycles. The molecule has 10 heteroatoms. The maximum absolute atomic E-state index is 12.5. The molecule has 5 rings (SSSR count). The Hall–Kier alpha value is -4.60. The number of carbonyl (C=O) groups excluding carboxylic acids is 1. The molecule has 1 amide bonds. The molecule has 0 aliphatic rings. The van der Waals surface area contributed by atoms with Crippen LogP contribution in [-0.2, 0) is 24.2 Å². The van der Waals surface area contributed by atoms with Gasteiger partial charge >= 0.3 is 5.97 Å². The molecule has 2 N–H and O–H groups in total. The third-order valence-electron chi connectivity index (χ3n) is 6.70. The van der Waals surface area contributed by atoms with Crippen LogP contribution in [0.5, 0.6) is 5.75 Å². The van der Waals surface area contributed by atoms with Crippen LogP contribution < -0.4 is 10.1 Å². The number of carbonyl (C=O) groups is 2. The van der Waals surface area contributed by atoms with Crippen molar-refractivity contribution < 1.29 is 19.4 Å². The monoisotopic (exact) mass is 614 g/mol. The van der Waals surface area contributed by atoms with Gasteiger partial charge in [0.15, 0.2) is 0 Å². The Kier molecular flexibility index (Phi) is 11.0. The van der Waals surface area contributed by atoms with Gasteiger partial charge in [-0.15, -0.1) is 23.7 Å². The second-order valence-electron chi connectivity index (χ2n) is 9.64. The summed E-state index contributed by atoms with van der Waals surface area (Å²) >= 11 is 1.64. The molecule has 0 radical (unpaired) electrons. The molecule has 0 saturated carbocycles. The van der Waals surface area contributed by atoms with Gasteiger partial charge in [-0.1, -0.05) is 42.5 Å². The Morgan fingerprint density at radius 3 is 2.44 bits per heavy atom. The fraction of sp³-hybridized carbons (Fsp3) is 0.182. The number of hydrogen-bond acceptors (Lipinski definition) is 7. The zero-order chi connectivity index (χ0) is 29.3. The Morgan fingerprint density at radius 2 is 1.72 bits per heavy atom. The zero-order valence-corrected chi connectivity index (χ0v) is 25.2. The summed E-state index contributed by atoms with van der Waals surface area (Å²) in [6.07, 6.45) is 4.40. The van der Waals surface area contributed by atoms with E-state index in [0.29, 0.717) is 30.9 Å². The van der Waals surface area contributed by atoms with Gasteiger partial charge in [0.2, 0.25) is 0 Å². The van der Waals surface area contributed by atoms with Crippen LogP contribution in [0.1, 0.15) is 38.6 Å². The number of hydrogen-bond donors (Lipinski definition) is 2. The average Bonchev–Trinajstić information content (AvgIpc) is 3.40. The van der Waals surface area contributed by atoms with Crippen molar-refractivity contribution in [3.63, 3.8) is 0 Å². The number of nitrogens with one attached hydrogen (secondary N) is 1. The molecule has 43 heavy (non-hydrogen) atoms. The first-order valence-corrected chi connectivity index (χ1v) is 14.4. The molecule has 2 aromatic carbocycles. The van der Waals surface area contributed by atoms with Gasteiger partial charge in [0.1, 0.15) is 16.5 Å². The number of benzene rings is 2. The maximum atomic E-state index is 12.5. The van der Waals surface area contributed by atoms with E-state index in [1.165, 1.54) is 0 Å². The lowest BCUT2D eigenvalue weighted by Gasteiger charge is -2.13. The number of aromatic nitrogens is 3. The van der Waals surface area contributed by atoms with Gasteiger partial charge in [0.25, 0.3) is 5.91 Å². The molecular weight excluding hydrogens is 584 g/mol. The van der Waals surface area contributed by atoms with E-state index >= 15 is 0 Å². The van der Waals surface area contributed by atoms with Gasteiger partial charge in [0, 0.05) is 47.8 Å². The van der Waals surface area contributed by atoms with Crippen LogP contribution in [0.2, 0.25) is 0 Å². The largest absolute Gasteiger partial charge is 0.493 e. The van der Waals surface area contributed by atoms with E-state index in [2.05, 4.69) is 22.2 Å². The molecule has 0 spiro atoms. The van der Waals surface area contributed by atoms with Crippen molar-refractivity contribution >= 4 is 35.6 Å². The zero-order valence-electron chi connectivity index (χ0n) is 23.5. The van der Waals surface area contributed by atoms with E-state index in [-0.39, 0.29) is 31.3 Å². The molecule has 0 atom stereocenters. The number of nitrogens with zero attached hydrogens (tertiary/aromatic N) is 3. The van der Waals surface area contributed by atoms with Crippen molar-refractivity contribution in [2.45, 2.75) is 32.7 Å². The number of thiazole rings is 1. The van der Waals surface area contributed by atoms with Crippen molar-refractivity contribution in [2.24, 2.45) is 0 Å². The lowest BCUT2D eigenvalue weighted by Crippen LogP contribution is -2.24. The first kappa shape index (κ1) is 31.3. The molecule has 8 nitrogen and oxygen atoms in total. The summed E-state index contributed by atoms with van der Waals surface area (Å²) in [5, 5.41) is 12.9. The van der Waals surface area contributed by atoms with Gasteiger partial charge < -0.3 is 15.2 Å². The molecule has 5 aromatic rings. The highest BCUT2D eigenvalue weighted by Gasteiger charge is 2.13. The van der Waals surface area contributed by atoms with Crippen molar-refractivity contribution in [1.82, 2.24) is 20.3 Å². The second kappa shape index (κ2) is 15.0. The number of aliphatic carboxylic acids is 1. The van der Waals surface area contributed by atoms with Crippen LogP contribution in [-0.4, -0.2) is 38.5 Å². The molecule has 3 aromatic heterocycles. The second-order valence-corrected chi connectivity index (χ2v) is 10.8. The molecule has 220 valence electrons. The number of carboxylic acids is 1. The highest BCUT2D eigenvalue weighted by molar-refractivity contribution is 7.15. The Labute approximate surface area is 260 Å². The summed E-state index contributed by atoms with van der Waals surface area (Å²) in [6, 6.07) is 24.8. The van der Waals surface area contributed by atoms with Crippen molar-refractivity contribution in [3.8, 4) is 27.6 Å². The Balaban J connectivity index is 0.00000423. The number of amides is 1. The minimum Gasteiger partial charge on any atom is -0.493 e. The van der Waals surface area contributed by atoms with Crippen LogP contribution >= 0.6 is 23.7 Å². The van der Waals surface area contributed by atoms with Crippen LogP contribution in [0.25, 0.3) is 21.8 Å². The number of carboxylic acid groups (broad SMARTS) is 1. The highest BCUT2D eigenvalue weighted by atomic mass is 35.5. The van der Waals surface area contributed by atoms with E-state index in [4.69, 9.17) is 14.8 Å². The molecule has 0 aliphatic carbocycles. The highest BCUT2D eigenvalue weighted by Crippen LogP contribution is 2.29. The average molecular weight is 615 g/mol. The normalized spacial score (nSPS) is 10.5. The van der Waals surface area contributed by atoms with E-state index in [1.54, 1.807) is 35.7 Å². The van der Waals surface area contributed by atoms with Gasteiger partial charge in [-0.3, -0.25) is 19.6 Å². The fourth-order valence-corrected chi connectivity index (χ4v) is 5.40. The third-order valence-corrected chi connectivity index (χ3v) is 7.77. The summed E-state index contributed by atoms with van der Waals surface area (Å²) in [4.78, 5) is 38.4. The van der Waals surface area contributed by atoms with Gasteiger partial charge in [-0.25, -0.2) is 4.98 Å². The predicted molar refractivity (Wildman–Crippen MR) is 170 cm³/mol. The smallest absolute Gasteiger partial charge is 0.303 e. The lowest BCUT2D eigenvalue weighted by atomic mass is 10.0.